The van der Waals surface area contributed by atoms with Crippen LogP contribution in [0.3, 0.4) is 0 Å². The molecule has 0 fully saturated rings. The molecule has 0 aromatic heterocycles. The molecule has 0 unspecified atom stereocenters. The second kappa shape index (κ2) is 13.8. The molecule has 1 amide bonds. The first-order chi connectivity index (χ1) is 19.4. The monoisotopic (exact) mass is 562 g/mol. The number of halogens is 1. The fourth-order valence-corrected chi connectivity index (χ4v) is 4.47. The summed E-state index contributed by atoms with van der Waals surface area (Å²) in [5, 5.41) is 13.4. The van der Waals surface area contributed by atoms with Crippen molar-refractivity contribution in [2.45, 2.75) is 37.8 Å². The number of ether oxygens (including phenoxy) is 2. The van der Waals surface area contributed by atoms with E-state index in [1.54, 1.807) is 31.2 Å². The SMILES string of the molecule is C[C@@H]1OC(c2ccc(OCCCO)cc2)=N[C@]1(Cc1ccccc1N=[N+]=[N-])C(=O)NNCCc1ccc(Cl)cc1. The smallest absolute Gasteiger partial charge is 0.266 e. The molecule has 1 aliphatic rings. The Morgan fingerprint density at radius 3 is 2.65 bits per heavy atom. The van der Waals surface area contributed by atoms with Crippen molar-refractivity contribution in [1.29, 1.82) is 0 Å². The summed E-state index contributed by atoms with van der Waals surface area (Å²) in [5.41, 5.74) is 16.4. The van der Waals surface area contributed by atoms with Crippen molar-refractivity contribution in [2.75, 3.05) is 19.8 Å². The van der Waals surface area contributed by atoms with Crippen molar-refractivity contribution in [2.24, 2.45) is 10.1 Å². The topological polar surface area (TPSA) is 141 Å². The minimum Gasteiger partial charge on any atom is -0.494 e. The van der Waals surface area contributed by atoms with Crippen LogP contribution < -0.4 is 15.6 Å². The summed E-state index contributed by atoms with van der Waals surface area (Å²) in [4.78, 5) is 21.5. The number of hydrogen-bond donors (Lipinski definition) is 3. The maximum atomic E-state index is 13.8. The number of benzene rings is 3. The van der Waals surface area contributed by atoms with E-state index in [0.717, 1.165) is 5.56 Å². The molecule has 208 valence electrons. The van der Waals surface area contributed by atoms with Gasteiger partial charge in [0.2, 0.25) is 5.90 Å². The van der Waals surface area contributed by atoms with Crippen LogP contribution in [0, 0.1) is 0 Å². The van der Waals surface area contributed by atoms with E-state index in [9.17, 15) is 4.79 Å². The van der Waals surface area contributed by atoms with Gasteiger partial charge in [0.25, 0.3) is 5.91 Å². The Morgan fingerprint density at radius 2 is 1.93 bits per heavy atom. The summed E-state index contributed by atoms with van der Waals surface area (Å²) in [6.07, 6.45) is 0.745. The van der Waals surface area contributed by atoms with Gasteiger partial charge in [0.1, 0.15) is 11.9 Å². The number of hydrogen-bond acceptors (Lipinski definition) is 7. The lowest BCUT2D eigenvalue weighted by atomic mass is 9.85. The molecular formula is C29H31ClN6O4. The van der Waals surface area contributed by atoms with E-state index in [0.29, 0.717) is 59.5 Å². The third-order valence-corrected chi connectivity index (χ3v) is 6.84. The summed E-state index contributed by atoms with van der Waals surface area (Å²) in [7, 11) is 0. The van der Waals surface area contributed by atoms with Crippen LogP contribution in [0.5, 0.6) is 5.75 Å². The third-order valence-electron chi connectivity index (χ3n) is 6.59. The first-order valence-electron chi connectivity index (χ1n) is 13.0. The molecule has 40 heavy (non-hydrogen) atoms. The molecule has 3 aromatic carbocycles. The maximum Gasteiger partial charge on any atom is 0.266 e. The molecule has 4 rings (SSSR count). The second-order valence-corrected chi connectivity index (χ2v) is 9.74. The van der Waals surface area contributed by atoms with E-state index < -0.39 is 11.6 Å². The molecule has 11 heteroatoms. The van der Waals surface area contributed by atoms with Gasteiger partial charge in [-0.05, 0) is 66.4 Å². The Balaban J connectivity index is 1.56. The summed E-state index contributed by atoms with van der Waals surface area (Å²) in [6.45, 7) is 2.75. The number of carbonyl (C=O) groups excluding carboxylic acids is 1. The lowest BCUT2D eigenvalue weighted by Crippen LogP contribution is -2.56. The number of nitrogens with zero attached hydrogens (tertiary/aromatic N) is 4. The third kappa shape index (κ3) is 7.11. The molecule has 0 saturated heterocycles. The Bertz CT molecular complexity index is 1380. The van der Waals surface area contributed by atoms with E-state index in [1.165, 1.54) is 0 Å². The van der Waals surface area contributed by atoms with Gasteiger partial charge in [-0.2, -0.15) is 0 Å². The first kappa shape index (κ1) is 28.9. The minimum absolute atomic E-state index is 0.0591. The van der Waals surface area contributed by atoms with Gasteiger partial charge in [0.15, 0.2) is 5.54 Å². The number of aliphatic hydroxyl groups is 1. The first-order valence-corrected chi connectivity index (χ1v) is 13.3. The summed E-state index contributed by atoms with van der Waals surface area (Å²) < 4.78 is 11.8. The van der Waals surface area contributed by atoms with Gasteiger partial charge >= 0.3 is 0 Å². The van der Waals surface area contributed by atoms with Crippen LogP contribution in [-0.2, 0) is 22.4 Å². The van der Waals surface area contributed by atoms with Crippen LogP contribution in [0.15, 0.2) is 82.9 Å². The Kier molecular flexibility index (Phi) is 9.99. The zero-order valence-electron chi connectivity index (χ0n) is 22.1. The van der Waals surface area contributed by atoms with Crippen LogP contribution in [0.25, 0.3) is 10.4 Å². The summed E-state index contributed by atoms with van der Waals surface area (Å²) in [6, 6.07) is 21.8. The number of nitrogens with one attached hydrogen (secondary N) is 2. The highest BCUT2D eigenvalue weighted by Crippen LogP contribution is 2.35. The molecule has 0 aliphatic carbocycles. The van der Waals surface area contributed by atoms with Gasteiger partial charge < -0.3 is 14.6 Å². The zero-order chi connectivity index (χ0) is 28.4. The van der Waals surface area contributed by atoms with Crippen molar-refractivity contribution in [3.8, 4) is 5.75 Å². The summed E-state index contributed by atoms with van der Waals surface area (Å²) >= 11 is 5.97. The highest BCUT2D eigenvalue weighted by molar-refractivity contribution is 6.30. The molecule has 10 nitrogen and oxygen atoms in total. The van der Waals surface area contributed by atoms with Gasteiger partial charge in [0, 0.05) is 47.2 Å². The molecule has 1 aliphatic heterocycles. The molecule has 0 spiro atoms. The zero-order valence-corrected chi connectivity index (χ0v) is 22.8. The van der Waals surface area contributed by atoms with Crippen LogP contribution in [0.2, 0.25) is 5.02 Å². The van der Waals surface area contributed by atoms with Crippen molar-refractivity contribution in [1.82, 2.24) is 10.9 Å². The maximum absolute atomic E-state index is 13.8. The number of amides is 1. The predicted octanol–water partition coefficient (Wildman–Crippen LogP) is 5.05. The van der Waals surface area contributed by atoms with Crippen LogP contribution in [-0.4, -0.2) is 48.3 Å². The molecule has 0 radical (unpaired) electrons. The lowest BCUT2D eigenvalue weighted by Gasteiger charge is -2.28. The largest absolute Gasteiger partial charge is 0.494 e. The summed E-state index contributed by atoms with van der Waals surface area (Å²) in [5.74, 6) is 0.610. The molecule has 0 saturated carbocycles. The van der Waals surface area contributed by atoms with Gasteiger partial charge in [-0.1, -0.05) is 53.1 Å². The molecule has 3 N–H and O–H groups in total. The standard InChI is InChI=1S/C29H31ClN6O4/c1-20-29(19-23-5-2-3-6-26(23)34-36-31,28(38)35-32-16-15-21-7-11-24(30)12-8-21)33-27(40-20)22-9-13-25(14-10-22)39-18-4-17-37/h2-3,5-14,20,32,37H,4,15-19H2,1H3,(H,35,38)/t20-,29-/m0/s1. The fourth-order valence-electron chi connectivity index (χ4n) is 4.35. The normalized spacial score (nSPS) is 17.9. The van der Waals surface area contributed by atoms with E-state index in [2.05, 4.69) is 20.9 Å². The number of rotatable bonds is 13. The number of aliphatic imine (C=N–C) groups is 1. The van der Waals surface area contributed by atoms with E-state index in [1.807, 2.05) is 48.5 Å². The second-order valence-electron chi connectivity index (χ2n) is 9.30. The molecule has 0 bridgehead atoms. The lowest BCUT2D eigenvalue weighted by molar-refractivity contribution is -0.129. The molecule has 2 atom stereocenters. The van der Waals surface area contributed by atoms with Crippen molar-refractivity contribution in [3.63, 3.8) is 0 Å². The Labute approximate surface area is 237 Å². The average molecular weight is 563 g/mol. The van der Waals surface area contributed by atoms with Gasteiger partial charge in [-0.3, -0.25) is 10.2 Å². The fraction of sp³-hybridized carbons (Fsp3) is 0.310. The molecule has 3 aromatic rings. The van der Waals surface area contributed by atoms with Crippen molar-refractivity contribution < 1.29 is 19.4 Å². The number of aliphatic hydroxyl groups excluding tert-OH is 1. The van der Waals surface area contributed by atoms with E-state index >= 15 is 0 Å². The van der Waals surface area contributed by atoms with Crippen molar-refractivity contribution >= 4 is 29.1 Å². The molecule has 1 heterocycles. The van der Waals surface area contributed by atoms with Crippen LogP contribution in [0.1, 0.15) is 30.0 Å². The minimum atomic E-state index is -1.33. The molecular weight excluding hydrogens is 532 g/mol. The van der Waals surface area contributed by atoms with Crippen LogP contribution >= 0.6 is 11.6 Å². The number of carbonyl (C=O) groups is 1. The number of hydrazine groups is 1. The van der Waals surface area contributed by atoms with Gasteiger partial charge in [-0.15, -0.1) is 0 Å². The van der Waals surface area contributed by atoms with Crippen molar-refractivity contribution in [3.05, 3.63) is 105 Å². The van der Waals surface area contributed by atoms with E-state index in [-0.39, 0.29) is 18.9 Å². The Morgan fingerprint density at radius 1 is 1.18 bits per heavy atom. The quantitative estimate of drug-likeness (QED) is 0.0878. The van der Waals surface area contributed by atoms with E-state index in [4.69, 9.17) is 36.7 Å². The van der Waals surface area contributed by atoms with Gasteiger partial charge in [-0.25, -0.2) is 10.4 Å². The van der Waals surface area contributed by atoms with Gasteiger partial charge in [0.05, 0.1) is 6.61 Å². The highest BCUT2D eigenvalue weighted by atomic mass is 35.5. The highest BCUT2D eigenvalue weighted by Gasteiger charge is 2.50. The number of azide groups is 1. The average Bonchev–Trinajstić information content (AvgIpc) is 3.30. The van der Waals surface area contributed by atoms with Crippen LogP contribution in [0.4, 0.5) is 5.69 Å². The Hall–Kier alpha value is -4.08. The predicted molar refractivity (Wildman–Crippen MR) is 154 cm³/mol.